The van der Waals surface area contributed by atoms with Gasteiger partial charge in [-0.05, 0) is 50.2 Å². The first kappa shape index (κ1) is 21.3. The van der Waals surface area contributed by atoms with E-state index in [1.807, 2.05) is 25.1 Å². The summed E-state index contributed by atoms with van der Waals surface area (Å²) in [6.45, 7) is 12.1. The SMILES string of the molecule is CCCCCCOc1ccc(NC(=O)OCCN(CC)CC)c(C)c1. The molecule has 0 aliphatic carbocycles. The lowest BCUT2D eigenvalue weighted by Crippen LogP contribution is -2.28. The number of unbranched alkanes of at least 4 members (excludes halogenated alkanes) is 3. The molecular weight excluding hydrogens is 316 g/mol. The summed E-state index contributed by atoms with van der Waals surface area (Å²) < 4.78 is 11.0. The van der Waals surface area contributed by atoms with Crippen LogP contribution in [0, 0.1) is 6.92 Å². The number of amides is 1. The van der Waals surface area contributed by atoms with Crippen molar-refractivity contribution in [2.75, 3.05) is 38.2 Å². The lowest BCUT2D eigenvalue weighted by atomic mass is 10.2. The van der Waals surface area contributed by atoms with Crippen LogP contribution in [0.1, 0.15) is 52.0 Å². The highest BCUT2D eigenvalue weighted by Gasteiger charge is 2.08. The monoisotopic (exact) mass is 350 g/mol. The van der Waals surface area contributed by atoms with E-state index in [0.717, 1.165) is 49.7 Å². The van der Waals surface area contributed by atoms with E-state index in [9.17, 15) is 4.79 Å². The second-order valence-electron chi connectivity index (χ2n) is 6.17. The number of aryl methyl sites for hydroxylation is 1. The van der Waals surface area contributed by atoms with Crippen LogP contribution in [0.3, 0.4) is 0 Å². The zero-order chi connectivity index (χ0) is 18.5. The molecule has 1 rings (SSSR count). The number of nitrogens with zero attached hydrogens (tertiary/aromatic N) is 1. The van der Waals surface area contributed by atoms with E-state index in [4.69, 9.17) is 9.47 Å². The molecule has 0 aliphatic rings. The van der Waals surface area contributed by atoms with Gasteiger partial charge in [-0.2, -0.15) is 0 Å². The van der Waals surface area contributed by atoms with Crippen molar-refractivity contribution in [2.24, 2.45) is 0 Å². The van der Waals surface area contributed by atoms with Gasteiger partial charge in [0.25, 0.3) is 0 Å². The second kappa shape index (κ2) is 12.6. The topological polar surface area (TPSA) is 50.8 Å². The first-order chi connectivity index (χ1) is 12.1. The van der Waals surface area contributed by atoms with Crippen LogP contribution >= 0.6 is 0 Å². The number of ether oxygens (including phenoxy) is 2. The second-order valence-corrected chi connectivity index (χ2v) is 6.17. The Morgan fingerprint density at radius 1 is 1.08 bits per heavy atom. The van der Waals surface area contributed by atoms with E-state index in [0.29, 0.717) is 6.61 Å². The van der Waals surface area contributed by atoms with Gasteiger partial charge in [-0.25, -0.2) is 4.79 Å². The van der Waals surface area contributed by atoms with Gasteiger partial charge in [0, 0.05) is 12.2 Å². The smallest absolute Gasteiger partial charge is 0.411 e. The van der Waals surface area contributed by atoms with E-state index >= 15 is 0 Å². The lowest BCUT2D eigenvalue weighted by Gasteiger charge is -2.17. The summed E-state index contributed by atoms with van der Waals surface area (Å²) in [5.74, 6) is 0.842. The number of hydrogen-bond acceptors (Lipinski definition) is 4. The van der Waals surface area contributed by atoms with Crippen molar-refractivity contribution in [2.45, 2.75) is 53.4 Å². The largest absolute Gasteiger partial charge is 0.494 e. The average molecular weight is 351 g/mol. The molecule has 0 heterocycles. The molecule has 0 unspecified atom stereocenters. The highest BCUT2D eigenvalue weighted by molar-refractivity contribution is 5.85. The quantitative estimate of drug-likeness (QED) is 0.548. The number of rotatable bonds is 12. The Kier molecular flexibility index (Phi) is 10.7. The molecule has 1 aromatic carbocycles. The van der Waals surface area contributed by atoms with Crippen LogP contribution in [0.5, 0.6) is 5.75 Å². The number of hydrogen-bond donors (Lipinski definition) is 1. The minimum Gasteiger partial charge on any atom is -0.494 e. The zero-order valence-electron chi connectivity index (χ0n) is 16.3. The van der Waals surface area contributed by atoms with Crippen LogP contribution in [-0.4, -0.2) is 43.8 Å². The number of nitrogens with one attached hydrogen (secondary N) is 1. The van der Waals surface area contributed by atoms with Gasteiger partial charge in [0.05, 0.1) is 6.61 Å². The molecule has 0 fully saturated rings. The van der Waals surface area contributed by atoms with Crippen molar-refractivity contribution >= 4 is 11.8 Å². The summed E-state index contributed by atoms with van der Waals surface area (Å²) in [6.07, 6.45) is 4.34. The van der Waals surface area contributed by atoms with Crippen LogP contribution in [0.25, 0.3) is 0 Å². The first-order valence-electron chi connectivity index (χ1n) is 9.50. The van der Waals surface area contributed by atoms with Crippen molar-refractivity contribution in [1.82, 2.24) is 4.90 Å². The van der Waals surface area contributed by atoms with Gasteiger partial charge >= 0.3 is 6.09 Å². The number of carbonyl (C=O) groups is 1. The van der Waals surface area contributed by atoms with Crippen LogP contribution in [0.15, 0.2) is 18.2 Å². The van der Waals surface area contributed by atoms with Gasteiger partial charge in [-0.1, -0.05) is 40.0 Å². The zero-order valence-corrected chi connectivity index (χ0v) is 16.3. The Morgan fingerprint density at radius 3 is 2.48 bits per heavy atom. The molecule has 0 saturated carbocycles. The predicted octanol–water partition coefficient (Wildman–Crippen LogP) is 4.84. The third-order valence-electron chi connectivity index (χ3n) is 4.24. The molecule has 0 aliphatic heterocycles. The van der Waals surface area contributed by atoms with Crippen LogP contribution < -0.4 is 10.1 Å². The van der Waals surface area contributed by atoms with E-state index in [-0.39, 0.29) is 0 Å². The van der Waals surface area contributed by atoms with Gasteiger partial charge in [0.1, 0.15) is 12.4 Å². The summed E-state index contributed by atoms with van der Waals surface area (Å²) in [4.78, 5) is 14.1. The standard InChI is InChI=1S/C20H34N2O3/c1-5-8-9-10-14-24-18-11-12-19(17(4)16-18)21-20(23)25-15-13-22(6-2)7-3/h11-12,16H,5-10,13-15H2,1-4H3,(H,21,23). The van der Waals surface area contributed by atoms with Gasteiger partial charge in [0.15, 0.2) is 0 Å². The molecular formula is C20H34N2O3. The molecule has 0 atom stereocenters. The molecule has 1 N–H and O–H groups in total. The summed E-state index contributed by atoms with van der Waals surface area (Å²) >= 11 is 0. The minimum atomic E-state index is -0.413. The fourth-order valence-electron chi connectivity index (χ4n) is 2.54. The number of benzene rings is 1. The average Bonchev–Trinajstić information content (AvgIpc) is 2.61. The maximum atomic E-state index is 11.9. The molecule has 1 amide bonds. The summed E-state index contributed by atoms with van der Waals surface area (Å²) in [6, 6.07) is 5.70. The molecule has 0 spiro atoms. The number of carbonyl (C=O) groups excluding carboxylic acids is 1. The Hall–Kier alpha value is -1.75. The molecule has 25 heavy (non-hydrogen) atoms. The van der Waals surface area contributed by atoms with Gasteiger partial charge in [-0.15, -0.1) is 0 Å². The molecule has 5 nitrogen and oxygen atoms in total. The molecule has 0 radical (unpaired) electrons. The molecule has 5 heteroatoms. The lowest BCUT2D eigenvalue weighted by molar-refractivity contribution is 0.142. The van der Waals surface area contributed by atoms with Crippen molar-refractivity contribution in [3.63, 3.8) is 0 Å². The van der Waals surface area contributed by atoms with Crippen molar-refractivity contribution in [3.05, 3.63) is 23.8 Å². The summed E-state index contributed by atoms with van der Waals surface area (Å²) in [5.41, 5.74) is 1.72. The molecule has 0 aromatic heterocycles. The van der Waals surface area contributed by atoms with Crippen molar-refractivity contribution < 1.29 is 14.3 Å². The third-order valence-corrected chi connectivity index (χ3v) is 4.24. The Labute approximate surface area is 152 Å². The fourth-order valence-corrected chi connectivity index (χ4v) is 2.54. The summed E-state index contributed by atoms with van der Waals surface area (Å²) in [7, 11) is 0. The molecule has 0 saturated heterocycles. The van der Waals surface area contributed by atoms with Crippen molar-refractivity contribution in [1.29, 1.82) is 0 Å². The minimum absolute atomic E-state index is 0.394. The predicted molar refractivity (Wildman–Crippen MR) is 104 cm³/mol. The van der Waals surface area contributed by atoms with Crippen LogP contribution in [0.4, 0.5) is 10.5 Å². The molecule has 0 bridgehead atoms. The normalized spacial score (nSPS) is 10.8. The van der Waals surface area contributed by atoms with Gasteiger partial charge in [-0.3, -0.25) is 5.32 Å². The van der Waals surface area contributed by atoms with Crippen LogP contribution in [0.2, 0.25) is 0 Å². The maximum Gasteiger partial charge on any atom is 0.411 e. The Bertz CT molecular complexity index is 502. The first-order valence-corrected chi connectivity index (χ1v) is 9.50. The number of anilines is 1. The van der Waals surface area contributed by atoms with Gasteiger partial charge < -0.3 is 14.4 Å². The Morgan fingerprint density at radius 2 is 1.84 bits per heavy atom. The Balaban J connectivity index is 2.37. The van der Waals surface area contributed by atoms with E-state index in [2.05, 4.69) is 31.0 Å². The van der Waals surface area contributed by atoms with Crippen molar-refractivity contribution in [3.8, 4) is 5.75 Å². The van der Waals surface area contributed by atoms with Gasteiger partial charge in [0.2, 0.25) is 0 Å². The maximum absolute atomic E-state index is 11.9. The summed E-state index contributed by atoms with van der Waals surface area (Å²) in [5, 5.41) is 2.80. The van der Waals surface area contributed by atoms with Crippen LogP contribution in [-0.2, 0) is 4.74 Å². The highest BCUT2D eigenvalue weighted by Crippen LogP contribution is 2.21. The third kappa shape index (κ3) is 8.77. The van der Waals surface area contributed by atoms with E-state index in [1.54, 1.807) is 0 Å². The van der Waals surface area contributed by atoms with E-state index in [1.165, 1.54) is 19.3 Å². The molecule has 142 valence electrons. The molecule has 1 aromatic rings. The van der Waals surface area contributed by atoms with E-state index < -0.39 is 6.09 Å². The highest BCUT2D eigenvalue weighted by atomic mass is 16.5. The number of likely N-dealkylation sites (N-methyl/N-ethyl adjacent to an activating group) is 1. The fraction of sp³-hybridized carbons (Fsp3) is 0.650.